The molecule has 4 rings (SSSR count). The lowest BCUT2D eigenvalue weighted by atomic mass is 9.99. The highest BCUT2D eigenvalue weighted by Gasteiger charge is 2.40. The van der Waals surface area contributed by atoms with E-state index in [1.165, 1.54) is 7.05 Å². The molecular formula is C19H19ClF3N5. The molecule has 0 unspecified atom stereocenters. The summed E-state index contributed by atoms with van der Waals surface area (Å²) in [5.41, 5.74) is 4.21. The van der Waals surface area contributed by atoms with Crippen molar-refractivity contribution in [2.75, 3.05) is 18.5 Å². The van der Waals surface area contributed by atoms with Crippen LogP contribution in [0.4, 0.5) is 24.5 Å². The number of hydrogen-bond donors (Lipinski definition) is 1. The van der Waals surface area contributed by atoms with E-state index in [1.54, 1.807) is 41.9 Å². The predicted octanol–water partition coefficient (Wildman–Crippen LogP) is 4.60. The number of fused-ring (bicyclic) bond motifs is 3. The maximum atomic E-state index is 13.3. The van der Waals surface area contributed by atoms with Crippen LogP contribution in [0.15, 0.2) is 30.5 Å². The number of nitrogens with one attached hydrogen (secondary N) is 1. The minimum absolute atomic E-state index is 0.225. The van der Waals surface area contributed by atoms with E-state index in [0.717, 1.165) is 36.5 Å². The van der Waals surface area contributed by atoms with Gasteiger partial charge in [-0.2, -0.15) is 18.3 Å². The molecule has 28 heavy (non-hydrogen) atoms. The van der Waals surface area contributed by atoms with Gasteiger partial charge >= 0.3 is 6.18 Å². The molecule has 0 bridgehead atoms. The van der Waals surface area contributed by atoms with E-state index in [4.69, 9.17) is 11.6 Å². The molecule has 1 aliphatic heterocycles. The van der Waals surface area contributed by atoms with Gasteiger partial charge in [0.05, 0.1) is 17.6 Å². The molecule has 9 heteroatoms. The quantitative estimate of drug-likeness (QED) is 0.686. The predicted molar refractivity (Wildman–Crippen MR) is 102 cm³/mol. The van der Waals surface area contributed by atoms with Crippen molar-refractivity contribution < 1.29 is 13.2 Å². The Morgan fingerprint density at radius 3 is 2.71 bits per heavy atom. The molecule has 3 heterocycles. The summed E-state index contributed by atoms with van der Waals surface area (Å²) in [5, 5.41) is 7.05. The van der Waals surface area contributed by atoms with Crippen LogP contribution in [-0.2, 0) is 6.42 Å². The zero-order chi connectivity index (χ0) is 20.1. The molecule has 1 N–H and O–H groups in total. The van der Waals surface area contributed by atoms with Crippen molar-refractivity contribution in [2.45, 2.75) is 32.0 Å². The lowest BCUT2D eigenvalue weighted by Crippen LogP contribution is -2.32. The van der Waals surface area contributed by atoms with Gasteiger partial charge in [0, 0.05) is 18.3 Å². The summed E-state index contributed by atoms with van der Waals surface area (Å²) in [7, 11) is 1.32. The minimum Gasteiger partial charge on any atom is -0.339 e. The zero-order valence-corrected chi connectivity index (χ0v) is 16.1. The Hall–Kier alpha value is -2.32. The first-order valence-corrected chi connectivity index (χ1v) is 9.32. The number of anilines is 2. The van der Waals surface area contributed by atoms with Gasteiger partial charge in [-0.3, -0.25) is 0 Å². The van der Waals surface area contributed by atoms with E-state index < -0.39 is 12.2 Å². The van der Waals surface area contributed by atoms with E-state index in [9.17, 15) is 13.2 Å². The molecular weight excluding hydrogens is 391 g/mol. The summed E-state index contributed by atoms with van der Waals surface area (Å²) in [6.45, 7) is 2.46. The molecule has 0 saturated heterocycles. The fraction of sp³-hybridized carbons (Fsp3) is 0.368. The van der Waals surface area contributed by atoms with Crippen molar-refractivity contribution in [2.24, 2.45) is 0 Å². The average molecular weight is 410 g/mol. The maximum absolute atomic E-state index is 13.3. The Balaban J connectivity index is 1.75. The fourth-order valence-corrected chi connectivity index (χ4v) is 4.02. The largest absolute Gasteiger partial charge is 0.407 e. The summed E-state index contributed by atoms with van der Waals surface area (Å²) in [6, 6.07) is 5.08. The third-order valence-corrected chi connectivity index (χ3v) is 5.29. The standard InChI is InChI=1S/C19H19ClF3N5/c1-11-8-12(5-6-13(11)18(24-2)19(21,22)23)27-7-3-4-14-15(27)10-25-17-9-16(20)26-28(14)17/h5-6,8-10,18,24H,3-4,7H2,1-2H3/t18-/m0/s1. The molecule has 0 saturated carbocycles. The number of aromatic nitrogens is 3. The summed E-state index contributed by atoms with van der Waals surface area (Å²) in [5.74, 6) is 0. The first-order valence-electron chi connectivity index (χ1n) is 8.95. The number of nitrogens with zero attached hydrogens (tertiary/aromatic N) is 4. The van der Waals surface area contributed by atoms with Gasteiger partial charge in [-0.25, -0.2) is 9.50 Å². The van der Waals surface area contributed by atoms with Gasteiger partial charge in [0.1, 0.15) is 6.04 Å². The fourth-order valence-electron chi connectivity index (χ4n) is 3.84. The van der Waals surface area contributed by atoms with Crippen LogP contribution in [0.5, 0.6) is 0 Å². The molecule has 148 valence electrons. The van der Waals surface area contributed by atoms with Crippen LogP contribution in [0.2, 0.25) is 5.15 Å². The second kappa shape index (κ2) is 6.93. The van der Waals surface area contributed by atoms with E-state index in [0.29, 0.717) is 16.4 Å². The average Bonchev–Trinajstić information content (AvgIpc) is 3.02. The second-order valence-corrected chi connectivity index (χ2v) is 7.27. The van der Waals surface area contributed by atoms with Crippen molar-refractivity contribution in [3.05, 3.63) is 52.4 Å². The first-order chi connectivity index (χ1) is 13.3. The van der Waals surface area contributed by atoms with Crippen molar-refractivity contribution >= 4 is 28.6 Å². The maximum Gasteiger partial charge on any atom is 0.407 e. The molecule has 0 radical (unpaired) electrons. The molecule has 1 aliphatic rings. The van der Waals surface area contributed by atoms with E-state index in [1.807, 2.05) is 0 Å². The summed E-state index contributed by atoms with van der Waals surface area (Å²) >= 11 is 6.01. The number of benzene rings is 1. The number of halogens is 4. The Morgan fingerprint density at radius 1 is 1.25 bits per heavy atom. The molecule has 5 nitrogen and oxygen atoms in total. The molecule has 0 amide bonds. The van der Waals surface area contributed by atoms with E-state index in [2.05, 4.69) is 20.3 Å². The van der Waals surface area contributed by atoms with Gasteiger partial charge in [-0.1, -0.05) is 17.7 Å². The van der Waals surface area contributed by atoms with Crippen LogP contribution in [0.25, 0.3) is 5.65 Å². The first kappa shape index (κ1) is 19.0. The molecule has 0 spiro atoms. The highest BCUT2D eigenvalue weighted by Crippen LogP contribution is 2.38. The van der Waals surface area contributed by atoms with Crippen LogP contribution in [0.1, 0.15) is 29.3 Å². The molecule has 1 aromatic carbocycles. The molecule has 0 fully saturated rings. The lowest BCUT2D eigenvalue weighted by Gasteiger charge is -2.32. The Morgan fingerprint density at radius 2 is 2.04 bits per heavy atom. The normalized spacial score (nSPS) is 15.7. The molecule has 1 atom stereocenters. The number of hydrogen-bond acceptors (Lipinski definition) is 4. The van der Waals surface area contributed by atoms with Crippen molar-refractivity contribution in [1.29, 1.82) is 0 Å². The monoisotopic (exact) mass is 409 g/mol. The highest BCUT2D eigenvalue weighted by molar-refractivity contribution is 6.29. The summed E-state index contributed by atoms with van der Waals surface area (Å²) in [6.07, 6.45) is -0.854. The third-order valence-electron chi connectivity index (χ3n) is 5.11. The number of rotatable bonds is 3. The van der Waals surface area contributed by atoms with Gasteiger partial charge < -0.3 is 10.2 Å². The zero-order valence-electron chi connectivity index (χ0n) is 15.4. The minimum atomic E-state index is -4.35. The Kier molecular flexibility index (Phi) is 4.71. The third kappa shape index (κ3) is 3.20. The molecule has 3 aromatic rings. The van der Waals surface area contributed by atoms with Crippen LogP contribution in [0.3, 0.4) is 0 Å². The van der Waals surface area contributed by atoms with Gasteiger partial charge in [0.15, 0.2) is 10.8 Å². The molecule has 0 aliphatic carbocycles. The van der Waals surface area contributed by atoms with Crippen LogP contribution in [-0.4, -0.2) is 34.4 Å². The lowest BCUT2D eigenvalue weighted by molar-refractivity contribution is -0.156. The topological polar surface area (TPSA) is 45.5 Å². The van der Waals surface area contributed by atoms with Crippen molar-refractivity contribution in [1.82, 2.24) is 19.9 Å². The van der Waals surface area contributed by atoms with Crippen molar-refractivity contribution in [3.63, 3.8) is 0 Å². The Labute approximate surface area is 165 Å². The SMILES string of the molecule is CN[C@@H](c1ccc(N2CCCc3c2cnc2cc(Cl)nn32)cc1C)C(F)(F)F. The van der Waals surface area contributed by atoms with Crippen LogP contribution >= 0.6 is 11.6 Å². The van der Waals surface area contributed by atoms with Gasteiger partial charge in [-0.05, 0) is 50.1 Å². The van der Waals surface area contributed by atoms with Gasteiger partial charge in [0.25, 0.3) is 0 Å². The van der Waals surface area contributed by atoms with Crippen molar-refractivity contribution in [3.8, 4) is 0 Å². The van der Waals surface area contributed by atoms with Crippen LogP contribution < -0.4 is 10.2 Å². The van der Waals surface area contributed by atoms with Gasteiger partial charge in [-0.15, -0.1) is 0 Å². The summed E-state index contributed by atoms with van der Waals surface area (Å²) < 4.78 is 41.6. The van der Waals surface area contributed by atoms with E-state index in [-0.39, 0.29) is 5.56 Å². The smallest absolute Gasteiger partial charge is 0.339 e. The molecule has 2 aromatic heterocycles. The second-order valence-electron chi connectivity index (χ2n) is 6.89. The van der Waals surface area contributed by atoms with E-state index >= 15 is 0 Å². The highest BCUT2D eigenvalue weighted by atomic mass is 35.5. The Bertz CT molecular complexity index is 1030. The van der Waals surface area contributed by atoms with Crippen LogP contribution in [0, 0.1) is 6.92 Å². The number of alkyl halides is 3. The van der Waals surface area contributed by atoms with Gasteiger partial charge in [0.2, 0.25) is 0 Å². The summed E-state index contributed by atoms with van der Waals surface area (Å²) in [4.78, 5) is 6.49. The number of aryl methyl sites for hydroxylation is 2.